The maximum Gasteiger partial charge on any atom is 0.181 e. The fourth-order valence-corrected chi connectivity index (χ4v) is 3.88. The van der Waals surface area contributed by atoms with Crippen molar-refractivity contribution < 1.29 is 0 Å². The molecule has 2 heterocycles. The second-order valence-electron chi connectivity index (χ2n) is 8.09. The van der Waals surface area contributed by atoms with Gasteiger partial charge >= 0.3 is 0 Å². The molecule has 0 saturated heterocycles. The average molecular weight is 394 g/mol. The molecule has 2 aromatic heterocycles. The molecule has 0 saturated carbocycles. The minimum absolute atomic E-state index is 0.183. The summed E-state index contributed by atoms with van der Waals surface area (Å²) < 4.78 is 0. The highest BCUT2D eigenvalue weighted by Gasteiger charge is 2.27. The van der Waals surface area contributed by atoms with E-state index in [1.165, 1.54) is 24.1 Å². The number of aromatic nitrogens is 5. The Morgan fingerprint density at radius 2 is 1.90 bits per heavy atom. The Labute approximate surface area is 172 Å². The summed E-state index contributed by atoms with van der Waals surface area (Å²) in [5.41, 5.74) is 6.38. The number of tetrazole rings is 1. The molecule has 1 aliphatic rings. The second-order valence-corrected chi connectivity index (χ2v) is 8.09. The third-order valence-corrected chi connectivity index (χ3v) is 5.32. The van der Waals surface area contributed by atoms with Gasteiger partial charge in [0, 0.05) is 17.2 Å². The summed E-state index contributed by atoms with van der Waals surface area (Å²) in [5.74, 6) is 1.77. The van der Waals surface area contributed by atoms with E-state index in [9.17, 15) is 0 Å². The van der Waals surface area contributed by atoms with Gasteiger partial charge in [0.15, 0.2) is 5.82 Å². The molecule has 29 heavy (non-hydrogen) atoms. The van der Waals surface area contributed by atoms with Crippen LogP contribution >= 0.6 is 0 Å². The molecule has 0 spiro atoms. The van der Waals surface area contributed by atoms with Gasteiger partial charge in [0.05, 0.1) is 17.0 Å². The minimum atomic E-state index is 0.183. The highest BCUT2D eigenvalue weighted by molar-refractivity contribution is 5.94. The van der Waals surface area contributed by atoms with E-state index in [4.69, 9.17) is 9.98 Å². The maximum atomic E-state index is 5.11. The first-order valence-corrected chi connectivity index (χ1v) is 10.5. The third kappa shape index (κ3) is 4.33. The molecule has 0 unspecified atom stereocenters. The molecule has 0 amide bonds. The lowest BCUT2D eigenvalue weighted by Gasteiger charge is -2.21. The Balaban J connectivity index is 2.38. The van der Waals surface area contributed by atoms with Gasteiger partial charge in [-0.15, -0.1) is 5.10 Å². The molecule has 7 nitrogen and oxygen atoms in total. The average Bonchev–Trinajstić information content (AvgIpc) is 3.12. The lowest BCUT2D eigenvalue weighted by Crippen LogP contribution is -2.11. The van der Waals surface area contributed by atoms with Crippen LogP contribution in [0.25, 0.3) is 17.1 Å². The zero-order valence-electron chi connectivity index (χ0n) is 18.2. The topological polar surface area (TPSA) is 92.1 Å². The third-order valence-electron chi connectivity index (χ3n) is 5.32. The molecule has 0 fully saturated rings. The van der Waals surface area contributed by atoms with Gasteiger partial charge in [-0.25, -0.2) is 15.1 Å². The predicted octanol–water partition coefficient (Wildman–Crippen LogP) is 4.77. The molecular weight excluding hydrogens is 362 g/mol. The van der Waals surface area contributed by atoms with E-state index in [0.29, 0.717) is 5.82 Å². The number of aliphatic imine (C=N–C) groups is 2. The van der Waals surface area contributed by atoms with Gasteiger partial charge in [-0.3, -0.25) is 4.98 Å². The van der Waals surface area contributed by atoms with Crippen molar-refractivity contribution in [1.29, 1.82) is 0 Å². The number of pyridine rings is 1. The van der Waals surface area contributed by atoms with Crippen LogP contribution in [0.3, 0.4) is 0 Å². The van der Waals surface area contributed by atoms with Crippen molar-refractivity contribution in [1.82, 2.24) is 25.6 Å². The van der Waals surface area contributed by atoms with E-state index in [1.54, 1.807) is 0 Å². The Morgan fingerprint density at radius 3 is 2.48 bits per heavy atom. The summed E-state index contributed by atoms with van der Waals surface area (Å²) in [5, 5.41) is 14.9. The van der Waals surface area contributed by atoms with Crippen molar-refractivity contribution in [2.75, 3.05) is 0 Å². The SMILES string of the molecule is C=N/C(=N\C(=C/C)c1c2c(nc(C(C)C)c1-c1nnn[nH]1)CCCCC2)C(C)C. The number of allylic oxidation sites excluding steroid dienone is 1. The number of fused-ring (bicyclic) bond motifs is 1. The fraction of sp³-hybridized carbons (Fsp3) is 0.545. The number of hydrogen-bond acceptors (Lipinski definition) is 5. The van der Waals surface area contributed by atoms with Crippen molar-refractivity contribution in [2.45, 2.75) is 72.6 Å². The standard InChI is InChI=1S/C22H31N7/c1-7-16(25-21(23-6)14(4)5)18-15-11-9-8-10-12-17(15)24-20(13(2)3)19(18)22-26-28-29-27-22/h7,13-14H,6,8-12H2,1-5H3,(H,26,27,28,29)/b16-7-,25-21-. The number of nitrogens with zero attached hydrogens (tertiary/aromatic N) is 6. The zero-order valence-corrected chi connectivity index (χ0v) is 18.2. The van der Waals surface area contributed by atoms with E-state index in [0.717, 1.165) is 47.6 Å². The van der Waals surface area contributed by atoms with Gasteiger partial charge in [-0.1, -0.05) is 40.2 Å². The van der Waals surface area contributed by atoms with Crippen LogP contribution in [-0.2, 0) is 12.8 Å². The van der Waals surface area contributed by atoms with E-state index < -0.39 is 0 Å². The smallest absolute Gasteiger partial charge is 0.181 e. The molecular formula is C22H31N7. The quantitative estimate of drug-likeness (QED) is 0.450. The Bertz CT molecular complexity index is 921. The Hall–Kier alpha value is -2.70. The minimum Gasteiger partial charge on any atom is -0.257 e. The second kappa shape index (κ2) is 9.20. The summed E-state index contributed by atoms with van der Waals surface area (Å²) in [6, 6.07) is 0. The number of aromatic amines is 1. The lowest BCUT2D eigenvalue weighted by atomic mass is 9.89. The number of hydrogen-bond donors (Lipinski definition) is 1. The van der Waals surface area contributed by atoms with Crippen LogP contribution in [0.5, 0.6) is 0 Å². The van der Waals surface area contributed by atoms with Crippen LogP contribution < -0.4 is 0 Å². The first kappa shape index (κ1) is 21.0. The fourth-order valence-electron chi connectivity index (χ4n) is 3.88. The Kier molecular flexibility index (Phi) is 6.67. The van der Waals surface area contributed by atoms with Crippen molar-refractivity contribution in [3.63, 3.8) is 0 Å². The summed E-state index contributed by atoms with van der Waals surface area (Å²) in [6.45, 7) is 14.2. The molecule has 1 N–H and O–H groups in total. The molecule has 0 radical (unpaired) electrons. The number of aryl methyl sites for hydroxylation is 1. The highest BCUT2D eigenvalue weighted by atomic mass is 15.5. The van der Waals surface area contributed by atoms with Crippen molar-refractivity contribution >= 4 is 18.3 Å². The highest BCUT2D eigenvalue weighted by Crippen LogP contribution is 2.39. The molecule has 3 rings (SSSR count). The number of rotatable bonds is 5. The largest absolute Gasteiger partial charge is 0.257 e. The van der Waals surface area contributed by atoms with Gasteiger partial charge in [0.25, 0.3) is 0 Å². The van der Waals surface area contributed by atoms with Crippen LogP contribution in [0.15, 0.2) is 16.1 Å². The van der Waals surface area contributed by atoms with Crippen LogP contribution in [0.2, 0.25) is 0 Å². The zero-order chi connectivity index (χ0) is 21.0. The number of amidine groups is 1. The normalized spacial score (nSPS) is 15.6. The molecule has 0 atom stereocenters. The van der Waals surface area contributed by atoms with E-state index >= 15 is 0 Å². The van der Waals surface area contributed by atoms with Crippen molar-refractivity contribution in [3.05, 3.63) is 28.6 Å². The molecule has 0 aliphatic heterocycles. The molecule has 2 aromatic rings. The molecule has 0 bridgehead atoms. The number of H-pyrrole nitrogens is 1. The van der Waals surface area contributed by atoms with Gasteiger partial charge in [-0.05, 0) is 61.2 Å². The summed E-state index contributed by atoms with van der Waals surface area (Å²) in [4.78, 5) is 14.2. The van der Waals surface area contributed by atoms with E-state index in [2.05, 4.69) is 60.0 Å². The molecule has 0 aromatic carbocycles. The van der Waals surface area contributed by atoms with Crippen LogP contribution in [-0.4, -0.2) is 38.2 Å². The van der Waals surface area contributed by atoms with E-state index in [-0.39, 0.29) is 11.8 Å². The maximum absolute atomic E-state index is 5.11. The first-order chi connectivity index (χ1) is 14.0. The van der Waals surface area contributed by atoms with Crippen molar-refractivity contribution in [2.24, 2.45) is 15.9 Å². The van der Waals surface area contributed by atoms with Crippen LogP contribution in [0.1, 0.15) is 82.3 Å². The summed E-state index contributed by atoms with van der Waals surface area (Å²) in [7, 11) is 0. The lowest BCUT2D eigenvalue weighted by molar-refractivity contribution is 0.706. The predicted molar refractivity (Wildman–Crippen MR) is 118 cm³/mol. The Morgan fingerprint density at radius 1 is 1.14 bits per heavy atom. The van der Waals surface area contributed by atoms with Gasteiger partial charge in [0.2, 0.25) is 0 Å². The monoisotopic (exact) mass is 393 g/mol. The molecule has 7 heteroatoms. The molecule has 154 valence electrons. The van der Waals surface area contributed by atoms with Gasteiger partial charge in [0.1, 0.15) is 5.84 Å². The molecule has 1 aliphatic carbocycles. The van der Waals surface area contributed by atoms with Crippen molar-refractivity contribution in [3.8, 4) is 11.4 Å². The van der Waals surface area contributed by atoms with Crippen LogP contribution in [0.4, 0.5) is 0 Å². The number of nitrogens with one attached hydrogen (secondary N) is 1. The van der Waals surface area contributed by atoms with Gasteiger partial charge in [-0.2, -0.15) is 0 Å². The van der Waals surface area contributed by atoms with Crippen LogP contribution in [0, 0.1) is 5.92 Å². The first-order valence-electron chi connectivity index (χ1n) is 10.5. The summed E-state index contributed by atoms with van der Waals surface area (Å²) in [6.07, 6.45) is 7.55. The van der Waals surface area contributed by atoms with Gasteiger partial charge < -0.3 is 0 Å². The summed E-state index contributed by atoms with van der Waals surface area (Å²) >= 11 is 0. The van der Waals surface area contributed by atoms with E-state index in [1.807, 2.05) is 13.0 Å².